The Labute approximate surface area is 211 Å². The van der Waals surface area contributed by atoms with Gasteiger partial charge >= 0.3 is 0 Å². The van der Waals surface area contributed by atoms with Crippen molar-refractivity contribution >= 4 is 22.7 Å². The van der Waals surface area contributed by atoms with Crippen LogP contribution in [0.2, 0.25) is 0 Å². The predicted molar refractivity (Wildman–Crippen MR) is 137 cm³/mol. The Morgan fingerprint density at radius 3 is 2.58 bits per heavy atom. The highest BCUT2D eigenvalue weighted by Gasteiger charge is 2.48. The number of aromatic nitrogens is 1. The number of nitrogens with zero attached hydrogens (tertiary/aromatic N) is 2. The van der Waals surface area contributed by atoms with Crippen molar-refractivity contribution in [1.82, 2.24) is 14.8 Å². The lowest BCUT2D eigenvalue weighted by molar-refractivity contribution is -0.134. The van der Waals surface area contributed by atoms with Crippen molar-refractivity contribution in [2.24, 2.45) is 0 Å². The SMILES string of the molecule is C[C@]1(C(=O)NC2CCCCCCC2)Cn2c(cc3ccccc32)C(=O)N1Cc1ccc2c(c1)OCO2. The summed E-state index contributed by atoms with van der Waals surface area (Å²) in [6.07, 6.45) is 7.97. The summed E-state index contributed by atoms with van der Waals surface area (Å²) in [6.45, 7) is 2.83. The van der Waals surface area contributed by atoms with Crippen LogP contribution in [0.5, 0.6) is 11.5 Å². The van der Waals surface area contributed by atoms with E-state index >= 15 is 0 Å². The number of carbonyl (C=O) groups excluding carboxylic acids is 2. The van der Waals surface area contributed by atoms with Crippen LogP contribution in [0.15, 0.2) is 48.5 Å². The summed E-state index contributed by atoms with van der Waals surface area (Å²) in [7, 11) is 0. The van der Waals surface area contributed by atoms with E-state index in [4.69, 9.17) is 9.47 Å². The van der Waals surface area contributed by atoms with Crippen LogP contribution in [0.3, 0.4) is 0 Å². The van der Waals surface area contributed by atoms with Crippen molar-refractivity contribution in [3.8, 4) is 11.5 Å². The minimum atomic E-state index is -1.04. The molecule has 188 valence electrons. The van der Waals surface area contributed by atoms with Crippen LogP contribution in [0.1, 0.15) is 67.9 Å². The molecule has 2 aromatic carbocycles. The Bertz CT molecular complexity index is 1310. The first-order valence-electron chi connectivity index (χ1n) is 13.1. The molecule has 0 radical (unpaired) electrons. The molecule has 0 bridgehead atoms. The zero-order chi connectivity index (χ0) is 24.7. The van der Waals surface area contributed by atoms with Gasteiger partial charge < -0.3 is 24.3 Å². The minimum absolute atomic E-state index is 0.0782. The molecule has 1 fully saturated rings. The van der Waals surface area contributed by atoms with E-state index in [1.807, 2.05) is 60.0 Å². The molecule has 2 aliphatic heterocycles. The standard InChI is InChI=1S/C29H33N3O4/c1-29(28(34)30-22-10-5-3-2-4-6-11-22)18-31-23-12-8-7-9-21(23)16-24(31)27(33)32(29)17-20-13-14-25-26(15-20)36-19-35-25/h7-9,12-16,22H,2-6,10-11,17-19H2,1H3,(H,30,34)/t29-/m1/s1. The van der Waals surface area contributed by atoms with Crippen LogP contribution < -0.4 is 14.8 Å². The molecule has 0 saturated heterocycles. The number of amides is 2. The number of benzene rings is 2. The van der Waals surface area contributed by atoms with Crippen molar-refractivity contribution < 1.29 is 19.1 Å². The van der Waals surface area contributed by atoms with Gasteiger partial charge in [-0.2, -0.15) is 0 Å². The van der Waals surface area contributed by atoms with Crippen LogP contribution in [-0.2, 0) is 17.9 Å². The monoisotopic (exact) mass is 487 g/mol. The molecule has 1 aromatic heterocycles. The van der Waals surface area contributed by atoms with Gasteiger partial charge in [-0.25, -0.2) is 0 Å². The molecule has 7 nitrogen and oxygen atoms in total. The van der Waals surface area contributed by atoms with Crippen LogP contribution in [0.25, 0.3) is 10.9 Å². The molecule has 1 aliphatic carbocycles. The molecule has 3 aliphatic rings. The number of ether oxygens (including phenoxy) is 2. The second kappa shape index (κ2) is 9.19. The van der Waals surface area contributed by atoms with Gasteiger partial charge in [0.25, 0.3) is 5.91 Å². The van der Waals surface area contributed by atoms with Gasteiger partial charge in [0.15, 0.2) is 11.5 Å². The van der Waals surface area contributed by atoms with Gasteiger partial charge in [0.2, 0.25) is 12.7 Å². The Hall–Kier alpha value is -3.48. The molecule has 2 amide bonds. The van der Waals surface area contributed by atoms with Crippen molar-refractivity contribution in [3.63, 3.8) is 0 Å². The minimum Gasteiger partial charge on any atom is -0.454 e. The fourth-order valence-corrected chi connectivity index (χ4v) is 5.92. The van der Waals surface area contributed by atoms with Gasteiger partial charge in [-0.15, -0.1) is 0 Å². The lowest BCUT2D eigenvalue weighted by Crippen LogP contribution is -2.64. The summed E-state index contributed by atoms with van der Waals surface area (Å²) in [5, 5.41) is 4.36. The van der Waals surface area contributed by atoms with Crippen LogP contribution in [0.4, 0.5) is 0 Å². The number of nitrogens with one attached hydrogen (secondary N) is 1. The van der Waals surface area contributed by atoms with Crippen molar-refractivity contribution in [1.29, 1.82) is 0 Å². The molecule has 1 saturated carbocycles. The molecular weight excluding hydrogens is 454 g/mol. The van der Waals surface area contributed by atoms with E-state index in [9.17, 15) is 9.59 Å². The highest BCUT2D eigenvalue weighted by atomic mass is 16.7. The quantitative estimate of drug-likeness (QED) is 0.561. The van der Waals surface area contributed by atoms with E-state index in [0.29, 0.717) is 30.3 Å². The Morgan fingerprint density at radius 1 is 1.00 bits per heavy atom. The fourth-order valence-electron chi connectivity index (χ4n) is 5.92. The van der Waals surface area contributed by atoms with E-state index < -0.39 is 5.54 Å². The van der Waals surface area contributed by atoms with Gasteiger partial charge in [0, 0.05) is 23.5 Å². The van der Waals surface area contributed by atoms with Crippen LogP contribution >= 0.6 is 0 Å². The number of carbonyl (C=O) groups is 2. The number of rotatable bonds is 4. The smallest absolute Gasteiger partial charge is 0.271 e. The second-order valence-corrected chi connectivity index (χ2v) is 10.5. The lowest BCUT2D eigenvalue weighted by atomic mass is 9.91. The maximum absolute atomic E-state index is 14.0. The Kier molecular flexibility index (Phi) is 5.86. The van der Waals surface area contributed by atoms with Gasteiger partial charge in [0.05, 0.1) is 6.54 Å². The molecule has 7 heteroatoms. The summed E-state index contributed by atoms with van der Waals surface area (Å²) in [4.78, 5) is 29.8. The third kappa shape index (κ3) is 4.00. The third-order valence-corrected chi connectivity index (χ3v) is 8.04. The van der Waals surface area contributed by atoms with E-state index in [2.05, 4.69) is 5.32 Å². The van der Waals surface area contributed by atoms with E-state index in [1.165, 1.54) is 19.3 Å². The first-order valence-corrected chi connectivity index (χ1v) is 13.1. The number of hydrogen-bond acceptors (Lipinski definition) is 4. The first kappa shape index (κ1) is 23.0. The topological polar surface area (TPSA) is 72.8 Å². The average Bonchev–Trinajstić information content (AvgIpc) is 3.47. The summed E-state index contributed by atoms with van der Waals surface area (Å²) >= 11 is 0. The Balaban J connectivity index is 1.36. The van der Waals surface area contributed by atoms with Crippen molar-refractivity contribution in [2.75, 3.05) is 6.79 Å². The maximum atomic E-state index is 14.0. The zero-order valence-corrected chi connectivity index (χ0v) is 20.8. The van der Waals surface area contributed by atoms with Crippen molar-refractivity contribution in [2.45, 2.75) is 76.5 Å². The molecule has 1 atom stereocenters. The molecule has 1 N–H and O–H groups in total. The molecule has 3 aromatic rings. The van der Waals surface area contributed by atoms with Gasteiger partial charge in [-0.3, -0.25) is 9.59 Å². The first-order chi connectivity index (χ1) is 17.5. The average molecular weight is 488 g/mol. The fraction of sp³-hybridized carbons (Fsp3) is 0.448. The lowest BCUT2D eigenvalue weighted by Gasteiger charge is -2.44. The van der Waals surface area contributed by atoms with Crippen LogP contribution in [0, 0.1) is 0 Å². The number of fused-ring (bicyclic) bond motifs is 4. The molecule has 3 heterocycles. The second-order valence-electron chi connectivity index (χ2n) is 10.5. The molecule has 6 rings (SSSR count). The van der Waals surface area contributed by atoms with E-state index in [1.54, 1.807) is 4.90 Å². The third-order valence-electron chi connectivity index (χ3n) is 8.04. The molecule has 0 spiro atoms. The largest absolute Gasteiger partial charge is 0.454 e. The summed E-state index contributed by atoms with van der Waals surface area (Å²) in [5.41, 5.74) is 1.47. The number of para-hydroxylation sites is 1. The Morgan fingerprint density at radius 2 is 1.75 bits per heavy atom. The van der Waals surface area contributed by atoms with E-state index in [0.717, 1.165) is 42.1 Å². The van der Waals surface area contributed by atoms with Crippen molar-refractivity contribution in [3.05, 3.63) is 59.8 Å². The normalized spacial score (nSPS) is 22.2. The predicted octanol–water partition coefficient (Wildman–Crippen LogP) is 5.01. The van der Waals surface area contributed by atoms with E-state index in [-0.39, 0.29) is 24.6 Å². The van der Waals surface area contributed by atoms with Gasteiger partial charge in [0.1, 0.15) is 11.2 Å². The van der Waals surface area contributed by atoms with Crippen LogP contribution in [-0.4, -0.2) is 39.7 Å². The maximum Gasteiger partial charge on any atom is 0.271 e. The highest BCUT2D eigenvalue weighted by Crippen LogP contribution is 2.36. The summed E-state index contributed by atoms with van der Waals surface area (Å²) in [6, 6.07) is 15.8. The molecule has 0 unspecified atom stereocenters. The zero-order valence-electron chi connectivity index (χ0n) is 20.8. The van der Waals surface area contributed by atoms with Gasteiger partial charge in [-0.1, -0.05) is 56.4 Å². The molecular formula is C29H33N3O4. The summed E-state index contributed by atoms with van der Waals surface area (Å²) < 4.78 is 13.0. The highest BCUT2D eigenvalue weighted by molar-refractivity contribution is 6.03. The number of hydrogen-bond donors (Lipinski definition) is 1. The molecule has 36 heavy (non-hydrogen) atoms. The summed E-state index contributed by atoms with van der Waals surface area (Å²) in [5.74, 6) is 1.16. The van der Waals surface area contributed by atoms with Gasteiger partial charge in [-0.05, 0) is 49.6 Å².